The van der Waals surface area contributed by atoms with Crippen LogP contribution >= 0.6 is 11.6 Å². The van der Waals surface area contributed by atoms with Crippen LogP contribution in [0.2, 0.25) is 5.02 Å². The second kappa shape index (κ2) is 10.7. The number of amides is 2. The molecular formula is C27H21ClFN7O2. The molecule has 0 fully saturated rings. The number of hydrogen-bond acceptors (Lipinski definition) is 5. The fraction of sp³-hybridized carbons (Fsp3) is 0.0741. The van der Waals surface area contributed by atoms with Gasteiger partial charge in [-0.05, 0) is 36.4 Å². The molecule has 38 heavy (non-hydrogen) atoms. The molecule has 0 aliphatic heterocycles. The monoisotopic (exact) mass is 529 g/mol. The van der Waals surface area contributed by atoms with Crippen LogP contribution in [0.3, 0.4) is 0 Å². The molecule has 2 N–H and O–H groups in total. The van der Waals surface area contributed by atoms with Crippen molar-refractivity contribution in [2.75, 3.05) is 5.32 Å². The van der Waals surface area contributed by atoms with Gasteiger partial charge in [0.15, 0.2) is 5.69 Å². The first-order valence-electron chi connectivity index (χ1n) is 11.5. The number of halogens is 2. The van der Waals surface area contributed by atoms with Gasteiger partial charge < -0.3 is 15.2 Å². The van der Waals surface area contributed by atoms with Crippen molar-refractivity contribution >= 4 is 29.2 Å². The van der Waals surface area contributed by atoms with Crippen molar-refractivity contribution in [2.45, 2.75) is 6.54 Å². The summed E-state index contributed by atoms with van der Waals surface area (Å²) < 4.78 is 17.9. The van der Waals surface area contributed by atoms with Crippen LogP contribution in [-0.4, -0.2) is 36.1 Å². The standard InChI is InChI=1S/C27H21ClFN7O2/c1-35-16-30-14-18(35)15-32-27(38)24-13-25(36(34-24)17-7-3-2-4-8-17)33-26(37)19-11-20(22(29)12-21(19)28)23-9-5-6-10-31-23/h2-14,16H,15H2,1H3,(H,32,38)(H,33,37). The van der Waals surface area contributed by atoms with Gasteiger partial charge in [-0.15, -0.1) is 0 Å². The molecular weight excluding hydrogens is 509 g/mol. The Morgan fingerprint density at radius 3 is 2.53 bits per heavy atom. The summed E-state index contributed by atoms with van der Waals surface area (Å²) in [7, 11) is 1.83. The molecule has 190 valence electrons. The Labute approximate surface area is 221 Å². The lowest BCUT2D eigenvalue weighted by atomic mass is 10.1. The molecule has 0 saturated carbocycles. The lowest BCUT2D eigenvalue weighted by Crippen LogP contribution is -2.24. The van der Waals surface area contributed by atoms with Crippen LogP contribution in [0.15, 0.2) is 85.5 Å². The van der Waals surface area contributed by atoms with Crippen molar-refractivity contribution in [2.24, 2.45) is 7.05 Å². The van der Waals surface area contributed by atoms with Gasteiger partial charge in [0, 0.05) is 31.1 Å². The number of aryl methyl sites for hydroxylation is 1. The Bertz CT molecular complexity index is 1620. The van der Waals surface area contributed by atoms with E-state index in [1.54, 1.807) is 59.6 Å². The highest BCUT2D eigenvalue weighted by Gasteiger charge is 2.21. The molecule has 0 aliphatic carbocycles. The first-order chi connectivity index (χ1) is 18.4. The Balaban J connectivity index is 1.45. The summed E-state index contributed by atoms with van der Waals surface area (Å²) in [6, 6.07) is 18.0. The van der Waals surface area contributed by atoms with Crippen LogP contribution in [-0.2, 0) is 13.6 Å². The number of aromatic nitrogens is 5. The summed E-state index contributed by atoms with van der Waals surface area (Å²) in [5.74, 6) is -1.42. The number of anilines is 1. The molecule has 0 aliphatic rings. The molecule has 0 saturated heterocycles. The number of hydrogen-bond donors (Lipinski definition) is 2. The van der Waals surface area contributed by atoms with Crippen molar-refractivity contribution in [3.05, 3.63) is 113 Å². The molecule has 0 radical (unpaired) electrons. The van der Waals surface area contributed by atoms with Gasteiger partial charge in [-0.1, -0.05) is 35.9 Å². The number of imidazole rings is 1. The third-order valence-electron chi connectivity index (χ3n) is 5.77. The normalized spacial score (nSPS) is 10.8. The number of carbonyl (C=O) groups is 2. The van der Waals surface area contributed by atoms with Crippen LogP contribution < -0.4 is 10.6 Å². The zero-order chi connectivity index (χ0) is 26.6. The van der Waals surface area contributed by atoms with Crippen LogP contribution in [0.25, 0.3) is 16.9 Å². The quantitative estimate of drug-likeness (QED) is 0.319. The van der Waals surface area contributed by atoms with Crippen molar-refractivity contribution in [3.8, 4) is 16.9 Å². The maximum atomic E-state index is 14.7. The lowest BCUT2D eigenvalue weighted by molar-refractivity contribution is 0.0944. The van der Waals surface area contributed by atoms with Gasteiger partial charge in [0.2, 0.25) is 0 Å². The Kier molecular flexibility index (Phi) is 6.96. The predicted molar refractivity (Wildman–Crippen MR) is 141 cm³/mol. The van der Waals surface area contributed by atoms with Crippen LogP contribution in [0.1, 0.15) is 26.5 Å². The molecule has 3 aromatic heterocycles. The minimum Gasteiger partial charge on any atom is -0.345 e. The maximum Gasteiger partial charge on any atom is 0.272 e. The van der Waals surface area contributed by atoms with E-state index in [-0.39, 0.29) is 34.2 Å². The zero-order valence-electron chi connectivity index (χ0n) is 20.1. The van der Waals surface area contributed by atoms with E-state index in [1.807, 2.05) is 13.1 Å². The highest BCUT2D eigenvalue weighted by Crippen LogP contribution is 2.28. The summed E-state index contributed by atoms with van der Waals surface area (Å²) >= 11 is 6.25. The molecule has 0 bridgehead atoms. The average molecular weight is 530 g/mol. The molecule has 0 unspecified atom stereocenters. The van der Waals surface area contributed by atoms with Crippen molar-refractivity contribution in [1.29, 1.82) is 0 Å². The highest BCUT2D eigenvalue weighted by molar-refractivity contribution is 6.34. The van der Waals surface area contributed by atoms with E-state index < -0.39 is 17.6 Å². The van der Waals surface area contributed by atoms with Gasteiger partial charge in [0.1, 0.15) is 11.6 Å². The SMILES string of the molecule is Cn1cncc1CNC(=O)c1cc(NC(=O)c2cc(-c3ccccn3)c(F)cc2Cl)n(-c2ccccc2)n1. The summed E-state index contributed by atoms with van der Waals surface area (Å²) in [6.45, 7) is 0.247. The summed E-state index contributed by atoms with van der Waals surface area (Å²) in [4.78, 5) is 34.4. The van der Waals surface area contributed by atoms with Gasteiger partial charge >= 0.3 is 0 Å². The first kappa shape index (κ1) is 24.8. The van der Waals surface area contributed by atoms with Gasteiger partial charge in [0.25, 0.3) is 11.8 Å². The number of benzene rings is 2. The number of nitrogens with zero attached hydrogens (tertiary/aromatic N) is 5. The van der Waals surface area contributed by atoms with Crippen molar-refractivity contribution in [3.63, 3.8) is 0 Å². The van der Waals surface area contributed by atoms with Gasteiger partial charge in [-0.2, -0.15) is 5.10 Å². The molecule has 5 aromatic rings. The number of pyridine rings is 1. The Morgan fingerprint density at radius 2 is 1.82 bits per heavy atom. The minimum atomic E-state index is -0.605. The summed E-state index contributed by atoms with van der Waals surface area (Å²) in [6.07, 6.45) is 4.82. The minimum absolute atomic E-state index is 0.0386. The summed E-state index contributed by atoms with van der Waals surface area (Å²) in [5.41, 5.74) is 2.05. The second-order valence-electron chi connectivity index (χ2n) is 8.32. The van der Waals surface area contributed by atoms with E-state index in [1.165, 1.54) is 23.0 Å². The van der Waals surface area contributed by atoms with Gasteiger partial charge in [-0.3, -0.25) is 14.6 Å². The summed E-state index contributed by atoms with van der Waals surface area (Å²) in [5, 5.41) is 9.91. The molecule has 0 atom stereocenters. The highest BCUT2D eigenvalue weighted by atomic mass is 35.5. The molecule has 5 rings (SSSR count). The van der Waals surface area contributed by atoms with Crippen molar-refractivity contribution < 1.29 is 14.0 Å². The molecule has 2 aromatic carbocycles. The smallest absolute Gasteiger partial charge is 0.272 e. The Hall–Kier alpha value is -4.83. The van der Waals surface area contributed by atoms with E-state index in [0.717, 1.165) is 11.8 Å². The van der Waals surface area contributed by atoms with Crippen LogP contribution in [0.4, 0.5) is 10.2 Å². The predicted octanol–water partition coefficient (Wildman–Crippen LogP) is 4.64. The third-order valence-corrected chi connectivity index (χ3v) is 6.09. The van der Waals surface area contributed by atoms with Crippen LogP contribution in [0, 0.1) is 5.82 Å². The van der Waals surface area contributed by atoms with Gasteiger partial charge in [-0.25, -0.2) is 14.1 Å². The second-order valence-corrected chi connectivity index (χ2v) is 8.73. The first-order valence-corrected chi connectivity index (χ1v) is 11.9. The topological polar surface area (TPSA) is 107 Å². The number of para-hydroxylation sites is 1. The van der Waals surface area contributed by atoms with Crippen molar-refractivity contribution in [1.82, 2.24) is 29.6 Å². The number of rotatable bonds is 7. The molecule has 11 heteroatoms. The lowest BCUT2D eigenvalue weighted by Gasteiger charge is -2.11. The van der Waals surface area contributed by atoms with E-state index in [2.05, 4.69) is 25.7 Å². The average Bonchev–Trinajstić information content (AvgIpc) is 3.54. The van der Waals surface area contributed by atoms with Crippen LogP contribution in [0.5, 0.6) is 0 Å². The van der Waals surface area contributed by atoms with E-state index >= 15 is 0 Å². The fourth-order valence-electron chi connectivity index (χ4n) is 3.79. The molecule has 0 spiro atoms. The number of nitrogens with one attached hydrogen (secondary N) is 2. The zero-order valence-corrected chi connectivity index (χ0v) is 20.9. The molecule has 9 nitrogen and oxygen atoms in total. The van der Waals surface area contributed by atoms with E-state index in [0.29, 0.717) is 11.4 Å². The molecule has 3 heterocycles. The van der Waals surface area contributed by atoms with E-state index in [9.17, 15) is 14.0 Å². The Morgan fingerprint density at radius 1 is 1.03 bits per heavy atom. The third kappa shape index (κ3) is 5.16. The van der Waals surface area contributed by atoms with Gasteiger partial charge in [0.05, 0.1) is 40.5 Å². The largest absolute Gasteiger partial charge is 0.345 e. The number of carbonyl (C=O) groups excluding carboxylic acids is 2. The maximum absolute atomic E-state index is 14.7. The molecule has 2 amide bonds. The van der Waals surface area contributed by atoms with E-state index in [4.69, 9.17) is 11.6 Å². The fourth-order valence-corrected chi connectivity index (χ4v) is 4.02.